The van der Waals surface area contributed by atoms with Gasteiger partial charge in [0, 0.05) is 0 Å². The summed E-state index contributed by atoms with van der Waals surface area (Å²) in [6.07, 6.45) is 0.332. The summed E-state index contributed by atoms with van der Waals surface area (Å²) >= 11 is 0. The number of allylic oxidation sites excluding steroid dienone is 1. The zero-order chi connectivity index (χ0) is 21.3. The SMILES string of the molecule is Cc1cc(C)c(C2=C(OC(=O)OC(C)C)[C@]3(C)[C@H]4CC[C@H](O4)[C@]3(C)C2=O)c(C)c1. The van der Waals surface area contributed by atoms with Crippen LogP contribution in [0.4, 0.5) is 4.79 Å². The molecule has 1 aromatic rings. The first-order chi connectivity index (χ1) is 13.5. The Balaban J connectivity index is 1.94. The van der Waals surface area contributed by atoms with E-state index < -0.39 is 17.0 Å². The highest BCUT2D eigenvalue weighted by atomic mass is 16.7. The molecule has 2 saturated heterocycles. The number of benzene rings is 1. The predicted molar refractivity (Wildman–Crippen MR) is 109 cm³/mol. The number of fused-ring (bicyclic) bond motifs is 5. The predicted octanol–water partition coefficient (Wildman–Crippen LogP) is 5.04. The normalized spacial score (nSPS) is 32.9. The average molecular weight is 398 g/mol. The van der Waals surface area contributed by atoms with Crippen molar-refractivity contribution in [1.82, 2.24) is 0 Å². The third-order valence-corrected chi connectivity index (χ3v) is 7.23. The highest BCUT2D eigenvalue weighted by Crippen LogP contribution is 2.69. The maximum Gasteiger partial charge on any atom is 0.513 e. The molecule has 4 rings (SSSR count). The summed E-state index contributed by atoms with van der Waals surface area (Å²) in [4.78, 5) is 26.5. The van der Waals surface area contributed by atoms with Gasteiger partial charge in [0.25, 0.3) is 0 Å². The van der Waals surface area contributed by atoms with Gasteiger partial charge in [-0.05, 0) is 78.0 Å². The van der Waals surface area contributed by atoms with Crippen molar-refractivity contribution in [2.75, 3.05) is 0 Å². The zero-order valence-electron chi connectivity index (χ0n) is 18.3. The van der Waals surface area contributed by atoms with Gasteiger partial charge in [-0.25, -0.2) is 4.79 Å². The molecule has 29 heavy (non-hydrogen) atoms. The van der Waals surface area contributed by atoms with Gasteiger partial charge in [-0.1, -0.05) is 17.7 Å². The standard InChI is InChI=1S/C24H30O5/c1-12(2)27-22(26)29-21-19(18-14(4)10-13(3)11-15(18)5)20(25)23(6)16-8-9-17(28-16)24(21,23)7/h10-12,16-17H,8-9H2,1-7H3/t16-,17+,23+,24-/m0/s1. The van der Waals surface area contributed by atoms with E-state index in [2.05, 4.69) is 12.1 Å². The van der Waals surface area contributed by atoms with Gasteiger partial charge in [0.2, 0.25) is 0 Å². The largest absolute Gasteiger partial charge is 0.513 e. The Morgan fingerprint density at radius 3 is 2.17 bits per heavy atom. The Labute approximate surface area is 172 Å². The molecule has 2 fully saturated rings. The van der Waals surface area contributed by atoms with E-state index in [-0.39, 0.29) is 24.1 Å². The molecule has 2 aliphatic heterocycles. The van der Waals surface area contributed by atoms with Crippen molar-refractivity contribution in [2.45, 2.75) is 79.6 Å². The van der Waals surface area contributed by atoms with E-state index in [0.29, 0.717) is 11.3 Å². The van der Waals surface area contributed by atoms with Crippen LogP contribution in [0.2, 0.25) is 0 Å². The number of ether oxygens (including phenoxy) is 3. The fourth-order valence-electron chi connectivity index (χ4n) is 5.80. The summed E-state index contributed by atoms with van der Waals surface area (Å²) in [5.41, 5.74) is 3.09. The van der Waals surface area contributed by atoms with Gasteiger partial charge in [-0.3, -0.25) is 4.79 Å². The fourth-order valence-corrected chi connectivity index (χ4v) is 5.80. The van der Waals surface area contributed by atoms with Crippen molar-refractivity contribution in [2.24, 2.45) is 10.8 Å². The summed E-state index contributed by atoms with van der Waals surface area (Å²) in [6.45, 7) is 13.6. The molecule has 2 bridgehead atoms. The molecule has 1 aliphatic carbocycles. The Kier molecular flexibility index (Phi) is 4.47. The van der Waals surface area contributed by atoms with Gasteiger partial charge in [-0.15, -0.1) is 0 Å². The van der Waals surface area contributed by atoms with Crippen LogP contribution in [0.25, 0.3) is 5.57 Å². The van der Waals surface area contributed by atoms with Gasteiger partial charge in [-0.2, -0.15) is 0 Å². The number of carbonyl (C=O) groups excluding carboxylic acids is 2. The van der Waals surface area contributed by atoms with Crippen LogP contribution >= 0.6 is 0 Å². The molecule has 0 unspecified atom stereocenters. The molecule has 0 N–H and O–H groups in total. The van der Waals surface area contributed by atoms with Gasteiger partial charge in [0.1, 0.15) is 5.76 Å². The summed E-state index contributed by atoms with van der Waals surface area (Å²) < 4.78 is 17.3. The quantitative estimate of drug-likeness (QED) is 0.668. The Morgan fingerprint density at radius 2 is 1.62 bits per heavy atom. The molecule has 3 aliphatic rings. The number of rotatable bonds is 3. The van der Waals surface area contributed by atoms with Crippen molar-refractivity contribution in [3.05, 3.63) is 40.1 Å². The van der Waals surface area contributed by atoms with Gasteiger partial charge < -0.3 is 14.2 Å². The van der Waals surface area contributed by atoms with Crippen molar-refractivity contribution in [3.8, 4) is 0 Å². The van der Waals surface area contributed by atoms with E-state index in [1.165, 1.54) is 0 Å². The van der Waals surface area contributed by atoms with Crippen LogP contribution in [-0.2, 0) is 19.0 Å². The second kappa shape index (κ2) is 6.43. The second-order valence-electron chi connectivity index (χ2n) is 9.42. The minimum absolute atomic E-state index is 0.00889. The maximum atomic E-state index is 13.9. The molecule has 1 aromatic carbocycles. The minimum atomic E-state index is -0.768. The smallest absolute Gasteiger partial charge is 0.431 e. The third kappa shape index (κ3) is 2.56. The Morgan fingerprint density at radius 1 is 1.07 bits per heavy atom. The van der Waals surface area contributed by atoms with E-state index in [9.17, 15) is 9.59 Å². The van der Waals surface area contributed by atoms with E-state index in [0.717, 1.165) is 35.1 Å². The first kappa shape index (κ1) is 20.1. The average Bonchev–Trinajstić information content (AvgIpc) is 3.21. The topological polar surface area (TPSA) is 61.8 Å². The van der Waals surface area contributed by atoms with Gasteiger partial charge in [0.05, 0.1) is 34.7 Å². The lowest BCUT2D eigenvalue weighted by Crippen LogP contribution is -2.48. The molecule has 156 valence electrons. The molecule has 5 heteroatoms. The molecule has 0 radical (unpaired) electrons. The number of hydrogen-bond donors (Lipinski definition) is 0. The van der Waals surface area contributed by atoms with Gasteiger partial charge in [0.15, 0.2) is 5.78 Å². The van der Waals surface area contributed by atoms with Gasteiger partial charge >= 0.3 is 6.16 Å². The highest BCUT2D eigenvalue weighted by Gasteiger charge is 2.74. The van der Waals surface area contributed by atoms with Crippen LogP contribution in [0.5, 0.6) is 0 Å². The molecule has 0 spiro atoms. The molecular weight excluding hydrogens is 368 g/mol. The number of ketones is 1. The monoisotopic (exact) mass is 398 g/mol. The second-order valence-corrected chi connectivity index (χ2v) is 9.42. The highest BCUT2D eigenvalue weighted by molar-refractivity contribution is 6.28. The van der Waals surface area contributed by atoms with E-state index in [1.807, 2.05) is 34.6 Å². The summed E-state index contributed by atoms with van der Waals surface area (Å²) in [7, 11) is 0. The van der Waals surface area contributed by atoms with Crippen molar-refractivity contribution in [1.29, 1.82) is 0 Å². The van der Waals surface area contributed by atoms with E-state index >= 15 is 0 Å². The van der Waals surface area contributed by atoms with Crippen LogP contribution in [-0.4, -0.2) is 30.3 Å². The van der Waals surface area contributed by atoms with Crippen LogP contribution in [0.1, 0.15) is 62.8 Å². The third-order valence-electron chi connectivity index (χ3n) is 7.23. The Bertz CT molecular complexity index is 920. The number of aryl methyl sites for hydroxylation is 3. The van der Waals surface area contributed by atoms with Crippen LogP contribution in [0.15, 0.2) is 17.9 Å². The van der Waals surface area contributed by atoms with E-state index in [1.54, 1.807) is 13.8 Å². The van der Waals surface area contributed by atoms with Crippen LogP contribution in [0.3, 0.4) is 0 Å². The van der Waals surface area contributed by atoms with Crippen LogP contribution in [0, 0.1) is 31.6 Å². The number of carbonyl (C=O) groups is 2. The van der Waals surface area contributed by atoms with E-state index in [4.69, 9.17) is 14.2 Å². The minimum Gasteiger partial charge on any atom is -0.431 e. The van der Waals surface area contributed by atoms with Crippen molar-refractivity contribution >= 4 is 17.5 Å². The number of Topliss-reactive ketones (excluding diaryl/α,β-unsaturated/α-hetero) is 1. The first-order valence-electron chi connectivity index (χ1n) is 10.4. The summed E-state index contributed by atoms with van der Waals surface area (Å²) in [6, 6.07) is 4.13. The molecule has 2 heterocycles. The molecular formula is C24H30O5. The number of hydrogen-bond acceptors (Lipinski definition) is 5. The lowest BCUT2D eigenvalue weighted by molar-refractivity contribution is -0.127. The molecule has 0 saturated carbocycles. The van der Waals surface area contributed by atoms with Crippen molar-refractivity contribution in [3.63, 3.8) is 0 Å². The summed E-state index contributed by atoms with van der Waals surface area (Å²) in [5, 5.41) is 0. The summed E-state index contributed by atoms with van der Waals surface area (Å²) in [5.74, 6) is 0.424. The molecule has 0 amide bonds. The molecule has 5 nitrogen and oxygen atoms in total. The van der Waals surface area contributed by atoms with Crippen molar-refractivity contribution < 1.29 is 23.8 Å². The fraction of sp³-hybridized carbons (Fsp3) is 0.583. The zero-order valence-corrected chi connectivity index (χ0v) is 18.3. The lowest BCUT2D eigenvalue weighted by Gasteiger charge is -2.40. The first-order valence-corrected chi connectivity index (χ1v) is 10.4. The molecule has 4 atom stereocenters. The Hall–Kier alpha value is -2.14. The van der Waals surface area contributed by atoms with Crippen LogP contribution < -0.4 is 0 Å². The molecule has 0 aromatic heterocycles. The lowest BCUT2D eigenvalue weighted by atomic mass is 9.58. The maximum absolute atomic E-state index is 13.9.